The second-order valence-electron chi connectivity index (χ2n) is 6.28. The molecular formula is C19H22N4O2S. The molecule has 0 unspecified atom stereocenters. The number of hydrogen-bond donors (Lipinski definition) is 2. The Kier molecular flexibility index (Phi) is 5.18. The number of hydrogen-bond acceptors (Lipinski definition) is 5. The van der Waals surface area contributed by atoms with E-state index in [1.807, 2.05) is 32.9 Å². The van der Waals surface area contributed by atoms with Crippen LogP contribution in [0, 0.1) is 27.7 Å². The molecule has 0 saturated carbocycles. The van der Waals surface area contributed by atoms with Gasteiger partial charge in [0.2, 0.25) is 0 Å². The van der Waals surface area contributed by atoms with Crippen LogP contribution < -0.4 is 5.43 Å². The van der Waals surface area contributed by atoms with Crippen molar-refractivity contribution in [3.8, 4) is 0 Å². The van der Waals surface area contributed by atoms with E-state index in [4.69, 9.17) is 4.74 Å². The van der Waals surface area contributed by atoms with Crippen LogP contribution in [-0.2, 0) is 4.74 Å². The maximum absolute atomic E-state index is 11.9. The summed E-state index contributed by atoms with van der Waals surface area (Å²) >= 11 is 1.58. The van der Waals surface area contributed by atoms with Crippen LogP contribution in [-0.4, -0.2) is 34.7 Å². The Morgan fingerprint density at radius 3 is 2.65 bits per heavy atom. The van der Waals surface area contributed by atoms with E-state index in [0.717, 1.165) is 39.1 Å². The van der Waals surface area contributed by atoms with Gasteiger partial charge in [0.1, 0.15) is 0 Å². The number of aromatic amines is 1. The van der Waals surface area contributed by atoms with Gasteiger partial charge in [-0.05, 0) is 44.9 Å². The van der Waals surface area contributed by atoms with E-state index >= 15 is 0 Å². The molecule has 2 heterocycles. The van der Waals surface area contributed by atoms with Crippen LogP contribution in [0.2, 0.25) is 0 Å². The largest absolute Gasteiger partial charge is 0.465 e. The molecule has 0 atom stereocenters. The molecule has 1 aliphatic rings. The zero-order valence-electron chi connectivity index (χ0n) is 15.6. The van der Waals surface area contributed by atoms with Crippen molar-refractivity contribution in [2.75, 3.05) is 12.9 Å². The number of benzene rings is 1. The smallest absolute Gasteiger partial charge is 0.339 e. The fraction of sp³-hybridized carbons (Fsp3) is 0.316. The van der Waals surface area contributed by atoms with Crippen molar-refractivity contribution >= 4 is 34.3 Å². The Balaban J connectivity index is 1.84. The lowest BCUT2D eigenvalue weighted by Gasteiger charge is -2.15. The van der Waals surface area contributed by atoms with Crippen molar-refractivity contribution in [1.29, 1.82) is 0 Å². The maximum Gasteiger partial charge on any atom is 0.339 e. The number of carbonyl (C=O) groups excluding carboxylic acids is 1. The molecule has 7 heteroatoms. The number of carbonyl (C=O) groups is 1. The van der Waals surface area contributed by atoms with E-state index < -0.39 is 0 Å². The van der Waals surface area contributed by atoms with E-state index in [0.29, 0.717) is 11.3 Å². The van der Waals surface area contributed by atoms with Crippen LogP contribution in [0.3, 0.4) is 0 Å². The Labute approximate surface area is 157 Å². The molecule has 0 aliphatic carbocycles. The fourth-order valence-electron chi connectivity index (χ4n) is 2.99. The van der Waals surface area contributed by atoms with Gasteiger partial charge in [0.25, 0.3) is 0 Å². The molecule has 0 saturated heterocycles. The summed E-state index contributed by atoms with van der Waals surface area (Å²) in [5.74, 6) is 0.328. The zero-order valence-corrected chi connectivity index (χ0v) is 16.4. The lowest BCUT2D eigenvalue weighted by molar-refractivity contribution is 0.0599. The van der Waals surface area contributed by atoms with Gasteiger partial charge in [-0.2, -0.15) is 5.10 Å². The molecule has 2 N–H and O–H groups in total. The summed E-state index contributed by atoms with van der Waals surface area (Å²) in [6.07, 6.45) is 0. The minimum Gasteiger partial charge on any atom is -0.465 e. The highest BCUT2D eigenvalue weighted by molar-refractivity contribution is 8.14. The number of H-pyrrole nitrogens is 1. The van der Waals surface area contributed by atoms with Crippen LogP contribution >= 0.6 is 11.8 Å². The Hall–Kier alpha value is -2.54. The first-order valence-corrected chi connectivity index (χ1v) is 9.28. The lowest BCUT2D eigenvalue weighted by Crippen LogP contribution is -2.26. The van der Waals surface area contributed by atoms with Crippen LogP contribution in [0.5, 0.6) is 0 Å². The molecule has 2 aromatic rings. The average Bonchev–Trinajstić information content (AvgIpc) is 2.92. The van der Waals surface area contributed by atoms with E-state index in [2.05, 4.69) is 33.5 Å². The second kappa shape index (κ2) is 7.37. The number of thioether (sulfide) groups is 1. The quantitative estimate of drug-likeness (QED) is 0.806. The van der Waals surface area contributed by atoms with Gasteiger partial charge >= 0.3 is 5.97 Å². The first-order chi connectivity index (χ1) is 12.4. The molecule has 1 aliphatic heterocycles. The van der Waals surface area contributed by atoms with Gasteiger partial charge in [0, 0.05) is 11.4 Å². The summed E-state index contributed by atoms with van der Waals surface area (Å²) < 4.78 is 4.86. The standard InChI is InChI=1S/C19H22N4O2S/c1-10-6-7-14(11(2)8-10)21-19-23-22-15(9-26-19)17-12(3)16(13(4)20-17)18(24)25-5/h6-8,20H,9H2,1-5H3,(H,21,23). The van der Waals surface area contributed by atoms with Gasteiger partial charge in [-0.25, -0.2) is 9.79 Å². The molecular weight excluding hydrogens is 348 g/mol. The third-order valence-corrected chi connectivity index (χ3v) is 5.20. The molecule has 136 valence electrons. The van der Waals surface area contributed by atoms with Crippen molar-refractivity contribution < 1.29 is 9.53 Å². The number of rotatable bonds is 3. The van der Waals surface area contributed by atoms with Crippen LogP contribution in [0.25, 0.3) is 0 Å². The molecule has 1 aromatic heterocycles. The predicted molar refractivity (Wildman–Crippen MR) is 107 cm³/mol. The average molecular weight is 370 g/mol. The number of aromatic nitrogens is 1. The third-order valence-electron chi connectivity index (χ3n) is 4.32. The molecule has 0 bridgehead atoms. The number of methoxy groups -OCH3 is 1. The van der Waals surface area contributed by atoms with E-state index in [1.54, 1.807) is 11.8 Å². The number of aryl methyl sites for hydroxylation is 3. The summed E-state index contributed by atoms with van der Waals surface area (Å²) in [4.78, 5) is 19.8. The van der Waals surface area contributed by atoms with E-state index in [9.17, 15) is 4.79 Å². The number of amidine groups is 1. The first kappa shape index (κ1) is 18.3. The molecule has 3 rings (SSSR count). The first-order valence-electron chi connectivity index (χ1n) is 8.30. The number of nitrogens with one attached hydrogen (secondary N) is 2. The van der Waals surface area contributed by atoms with Crippen molar-refractivity contribution in [3.05, 3.63) is 51.8 Å². The third kappa shape index (κ3) is 3.53. The van der Waals surface area contributed by atoms with Crippen LogP contribution in [0.4, 0.5) is 5.69 Å². The maximum atomic E-state index is 11.9. The summed E-state index contributed by atoms with van der Waals surface area (Å²) in [5.41, 5.74) is 10.2. The highest BCUT2D eigenvalue weighted by Crippen LogP contribution is 2.25. The number of aliphatic imine (C=N–C) groups is 1. The van der Waals surface area contributed by atoms with Gasteiger partial charge in [0.15, 0.2) is 5.17 Å². The number of esters is 1. The molecule has 0 spiro atoms. The summed E-state index contributed by atoms with van der Waals surface area (Å²) in [7, 11) is 1.39. The molecule has 0 amide bonds. The van der Waals surface area contributed by atoms with Crippen LogP contribution in [0.15, 0.2) is 28.3 Å². The highest BCUT2D eigenvalue weighted by Gasteiger charge is 2.23. The Morgan fingerprint density at radius 2 is 2.04 bits per heavy atom. The van der Waals surface area contributed by atoms with Gasteiger partial charge in [0.05, 0.1) is 29.8 Å². The minimum atomic E-state index is -0.336. The topological polar surface area (TPSA) is 78.8 Å². The Bertz CT molecular complexity index is 928. The summed E-state index contributed by atoms with van der Waals surface area (Å²) in [6, 6.07) is 6.18. The van der Waals surface area contributed by atoms with Crippen molar-refractivity contribution in [2.24, 2.45) is 10.1 Å². The van der Waals surface area contributed by atoms with Gasteiger partial charge < -0.3 is 9.72 Å². The second-order valence-corrected chi connectivity index (χ2v) is 7.25. The van der Waals surface area contributed by atoms with Gasteiger partial charge in [-0.1, -0.05) is 29.5 Å². The minimum absolute atomic E-state index is 0.336. The molecule has 0 fully saturated rings. The zero-order chi connectivity index (χ0) is 18.8. The van der Waals surface area contributed by atoms with Crippen molar-refractivity contribution in [3.63, 3.8) is 0 Å². The number of hydrazone groups is 1. The molecule has 1 aromatic carbocycles. The monoisotopic (exact) mass is 370 g/mol. The molecule has 6 nitrogen and oxygen atoms in total. The van der Waals surface area contributed by atoms with Crippen molar-refractivity contribution in [1.82, 2.24) is 10.4 Å². The van der Waals surface area contributed by atoms with Gasteiger partial charge in [-0.15, -0.1) is 0 Å². The lowest BCUT2D eigenvalue weighted by atomic mass is 10.1. The molecule has 26 heavy (non-hydrogen) atoms. The van der Waals surface area contributed by atoms with E-state index in [-0.39, 0.29) is 5.97 Å². The SMILES string of the molecule is COC(=O)c1c(C)[nH]c(C2=NNC(=Nc3ccc(C)cc3C)SC2)c1C. The summed E-state index contributed by atoms with van der Waals surface area (Å²) in [5, 5.41) is 5.22. The summed E-state index contributed by atoms with van der Waals surface area (Å²) in [6.45, 7) is 7.88. The predicted octanol–water partition coefficient (Wildman–Crippen LogP) is 3.76. The Morgan fingerprint density at radius 1 is 1.27 bits per heavy atom. The highest BCUT2D eigenvalue weighted by atomic mass is 32.2. The number of nitrogens with zero attached hydrogens (tertiary/aromatic N) is 2. The van der Waals surface area contributed by atoms with Crippen LogP contribution in [0.1, 0.15) is 38.4 Å². The number of ether oxygens (including phenoxy) is 1. The fourth-order valence-corrected chi connectivity index (χ4v) is 3.74. The molecule has 0 radical (unpaired) electrons. The normalized spacial score (nSPS) is 15.6. The van der Waals surface area contributed by atoms with E-state index in [1.165, 1.54) is 12.7 Å². The van der Waals surface area contributed by atoms with Gasteiger partial charge in [-0.3, -0.25) is 5.43 Å². The van der Waals surface area contributed by atoms with Crippen molar-refractivity contribution in [2.45, 2.75) is 27.7 Å².